The molecular weight excluding hydrogens is 440 g/mol. The molecule has 1 aliphatic heterocycles. The first-order valence-electron chi connectivity index (χ1n) is 10.4. The molecule has 0 atom stereocenters. The second-order valence-electron chi connectivity index (χ2n) is 7.26. The minimum absolute atomic E-state index is 0.145. The van der Waals surface area contributed by atoms with Crippen LogP contribution in [0.3, 0.4) is 0 Å². The highest BCUT2D eigenvalue weighted by Crippen LogP contribution is 2.42. The van der Waals surface area contributed by atoms with Gasteiger partial charge in [0.15, 0.2) is 11.5 Å². The number of rotatable bonds is 7. The number of anilines is 1. The van der Waals surface area contributed by atoms with Crippen molar-refractivity contribution in [3.63, 3.8) is 0 Å². The molecular formula is C25H24N2O5S. The van der Waals surface area contributed by atoms with Gasteiger partial charge in [-0.2, -0.15) is 0 Å². The number of hydrogen-bond acceptors (Lipinski definition) is 6. The molecule has 0 spiro atoms. The molecule has 0 saturated heterocycles. The fourth-order valence-electron chi connectivity index (χ4n) is 3.42. The molecule has 0 bridgehead atoms. The monoisotopic (exact) mass is 464 g/mol. The zero-order valence-corrected chi connectivity index (χ0v) is 19.4. The molecule has 4 rings (SSSR count). The minimum Gasteiger partial charge on any atom is -0.493 e. The Kier molecular flexibility index (Phi) is 6.74. The van der Waals surface area contributed by atoms with E-state index < -0.39 is 0 Å². The largest absolute Gasteiger partial charge is 0.493 e. The van der Waals surface area contributed by atoms with E-state index in [1.165, 1.54) is 11.8 Å². The molecule has 33 heavy (non-hydrogen) atoms. The van der Waals surface area contributed by atoms with E-state index in [2.05, 4.69) is 5.32 Å². The summed E-state index contributed by atoms with van der Waals surface area (Å²) in [5.41, 5.74) is 2.00. The zero-order valence-electron chi connectivity index (χ0n) is 18.6. The van der Waals surface area contributed by atoms with Crippen molar-refractivity contribution < 1.29 is 23.5 Å². The third-order valence-electron chi connectivity index (χ3n) is 5.11. The number of nitrogens with zero attached hydrogens (tertiary/aromatic N) is 1. The van der Waals surface area contributed by atoms with Crippen LogP contribution in [0.25, 0.3) is 6.08 Å². The highest BCUT2D eigenvalue weighted by molar-refractivity contribution is 8.04. The molecule has 1 aromatic heterocycles. The highest BCUT2D eigenvalue weighted by atomic mass is 32.2. The van der Waals surface area contributed by atoms with E-state index in [0.29, 0.717) is 46.6 Å². The maximum Gasteiger partial charge on any atom is 0.264 e. The van der Waals surface area contributed by atoms with Gasteiger partial charge in [-0.3, -0.25) is 9.59 Å². The Hall–Kier alpha value is -3.65. The van der Waals surface area contributed by atoms with Gasteiger partial charge in [0.25, 0.3) is 11.8 Å². The number of carbonyl (C=O) groups is 2. The molecule has 2 heterocycles. The average Bonchev–Trinajstić information content (AvgIpc) is 3.35. The number of fused-ring (bicyclic) bond motifs is 1. The van der Waals surface area contributed by atoms with Gasteiger partial charge >= 0.3 is 0 Å². The molecule has 0 fully saturated rings. The zero-order chi connectivity index (χ0) is 23.4. The predicted octanol–water partition coefficient (Wildman–Crippen LogP) is 4.73. The number of hydrogen-bond donors (Lipinski definition) is 1. The van der Waals surface area contributed by atoms with E-state index in [-0.39, 0.29) is 11.8 Å². The first kappa shape index (κ1) is 22.5. The van der Waals surface area contributed by atoms with Gasteiger partial charge in [-0.15, -0.1) is 0 Å². The summed E-state index contributed by atoms with van der Waals surface area (Å²) in [6.07, 6.45) is 3.39. The molecule has 0 radical (unpaired) electrons. The molecule has 0 unspecified atom stereocenters. The molecule has 1 N–H and O–H groups in total. The van der Waals surface area contributed by atoms with Crippen molar-refractivity contribution in [2.75, 3.05) is 25.7 Å². The van der Waals surface area contributed by atoms with Gasteiger partial charge in [-0.25, -0.2) is 0 Å². The van der Waals surface area contributed by atoms with Gasteiger partial charge in [0.2, 0.25) is 0 Å². The molecule has 8 heteroatoms. The van der Waals surface area contributed by atoms with E-state index in [1.54, 1.807) is 49.6 Å². The molecule has 2 aromatic carbocycles. The fourth-order valence-corrected chi connectivity index (χ4v) is 4.51. The number of thioether (sulfide) groups is 1. The Balaban J connectivity index is 1.55. The summed E-state index contributed by atoms with van der Waals surface area (Å²) in [5, 5.41) is 2.82. The fraction of sp³-hybridized carbons (Fsp3) is 0.200. The summed E-state index contributed by atoms with van der Waals surface area (Å²) < 4.78 is 16.2. The number of amides is 2. The van der Waals surface area contributed by atoms with E-state index in [9.17, 15) is 9.59 Å². The van der Waals surface area contributed by atoms with Crippen LogP contribution in [0.4, 0.5) is 5.69 Å². The highest BCUT2D eigenvalue weighted by Gasteiger charge is 2.27. The SMILES string of the molecule is CCOc1ccc(/C=C2/Sc3ccc(C(=O)NCc4ccco4)cc3N(C)C2=O)cc1OC. The van der Waals surface area contributed by atoms with Crippen LogP contribution in [0, 0.1) is 0 Å². The summed E-state index contributed by atoms with van der Waals surface area (Å²) in [5.74, 6) is 1.56. The van der Waals surface area contributed by atoms with Crippen LogP contribution in [0.2, 0.25) is 0 Å². The number of carbonyl (C=O) groups excluding carboxylic acids is 2. The van der Waals surface area contributed by atoms with Gasteiger partial charge in [0, 0.05) is 17.5 Å². The van der Waals surface area contributed by atoms with Crippen molar-refractivity contribution in [3.8, 4) is 11.5 Å². The summed E-state index contributed by atoms with van der Waals surface area (Å²) in [4.78, 5) is 28.6. The van der Waals surface area contributed by atoms with E-state index in [1.807, 2.05) is 37.3 Å². The quantitative estimate of drug-likeness (QED) is 0.510. The molecule has 7 nitrogen and oxygen atoms in total. The van der Waals surface area contributed by atoms with Gasteiger partial charge < -0.3 is 24.1 Å². The van der Waals surface area contributed by atoms with Crippen molar-refractivity contribution in [1.82, 2.24) is 5.32 Å². The summed E-state index contributed by atoms with van der Waals surface area (Å²) in [6, 6.07) is 14.5. The Labute approximate surface area is 196 Å². The Morgan fingerprint density at radius 3 is 2.76 bits per heavy atom. The van der Waals surface area contributed by atoms with Crippen LogP contribution in [-0.4, -0.2) is 32.6 Å². The van der Waals surface area contributed by atoms with Crippen molar-refractivity contribution in [2.24, 2.45) is 0 Å². The molecule has 1 aliphatic rings. The van der Waals surface area contributed by atoms with E-state index >= 15 is 0 Å². The van der Waals surface area contributed by atoms with Crippen molar-refractivity contribution in [3.05, 3.63) is 76.6 Å². The molecule has 170 valence electrons. The Bertz CT molecular complexity index is 1200. The smallest absolute Gasteiger partial charge is 0.264 e. The van der Waals surface area contributed by atoms with Crippen LogP contribution in [-0.2, 0) is 11.3 Å². The number of methoxy groups -OCH3 is 1. The molecule has 0 aliphatic carbocycles. The van der Waals surface area contributed by atoms with E-state index in [0.717, 1.165) is 10.5 Å². The summed E-state index contributed by atoms with van der Waals surface area (Å²) in [6.45, 7) is 2.74. The summed E-state index contributed by atoms with van der Waals surface area (Å²) >= 11 is 1.37. The lowest BCUT2D eigenvalue weighted by atomic mass is 10.1. The normalized spacial score (nSPS) is 14.2. The lowest BCUT2D eigenvalue weighted by molar-refractivity contribution is -0.114. The molecule has 3 aromatic rings. The number of benzene rings is 2. The first-order chi connectivity index (χ1) is 16.0. The standard InChI is InChI=1S/C25H24N2O5S/c1-4-31-20-9-7-16(12-21(20)30-3)13-23-25(29)27(2)19-14-17(8-10-22(19)33-23)24(28)26-15-18-6-5-11-32-18/h5-14H,4,15H2,1-3H3,(H,26,28)/b23-13+. The van der Waals surface area contributed by atoms with Crippen LogP contribution >= 0.6 is 11.8 Å². The Morgan fingerprint density at radius 1 is 1.18 bits per heavy atom. The van der Waals surface area contributed by atoms with Crippen LogP contribution < -0.4 is 19.7 Å². The average molecular weight is 465 g/mol. The third kappa shape index (κ3) is 4.90. The van der Waals surface area contributed by atoms with Crippen molar-refractivity contribution in [1.29, 1.82) is 0 Å². The van der Waals surface area contributed by atoms with Crippen molar-refractivity contribution in [2.45, 2.75) is 18.4 Å². The van der Waals surface area contributed by atoms with Crippen LogP contribution in [0.5, 0.6) is 11.5 Å². The number of nitrogens with one attached hydrogen (secondary N) is 1. The minimum atomic E-state index is -0.233. The predicted molar refractivity (Wildman–Crippen MR) is 128 cm³/mol. The lowest BCUT2D eigenvalue weighted by Gasteiger charge is -2.27. The van der Waals surface area contributed by atoms with E-state index in [4.69, 9.17) is 13.9 Å². The van der Waals surface area contributed by atoms with Gasteiger partial charge in [0.1, 0.15) is 5.76 Å². The molecule has 0 saturated carbocycles. The van der Waals surface area contributed by atoms with Gasteiger partial charge in [-0.1, -0.05) is 17.8 Å². The van der Waals surface area contributed by atoms with Crippen LogP contribution in [0.1, 0.15) is 28.6 Å². The van der Waals surface area contributed by atoms with Crippen molar-refractivity contribution >= 4 is 35.3 Å². The number of furan rings is 1. The molecule has 2 amide bonds. The third-order valence-corrected chi connectivity index (χ3v) is 6.18. The lowest BCUT2D eigenvalue weighted by Crippen LogP contribution is -2.31. The second kappa shape index (κ2) is 9.87. The topological polar surface area (TPSA) is 81.0 Å². The number of ether oxygens (including phenoxy) is 2. The summed E-state index contributed by atoms with van der Waals surface area (Å²) in [7, 11) is 3.29. The maximum atomic E-state index is 13.0. The van der Waals surface area contributed by atoms with Crippen LogP contribution in [0.15, 0.2) is 69.0 Å². The second-order valence-corrected chi connectivity index (χ2v) is 8.35. The van der Waals surface area contributed by atoms with Gasteiger partial charge in [-0.05, 0) is 61.0 Å². The van der Waals surface area contributed by atoms with Gasteiger partial charge in [0.05, 0.1) is 37.1 Å². The maximum absolute atomic E-state index is 13.0. The Morgan fingerprint density at radius 2 is 2.03 bits per heavy atom. The number of likely N-dealkylation sites (N-methyl/N-ethyl adjacent to an activating group) is 1. The first-order valence-corrected chi connectivity index (χ1v) is 11.2.